The van der Waals surface area contributed by atoms with Crippen LogP contribution in [0.4, 0.5) is 0 Å². The molecular formula is C10H10ClN3O. The Hall–Kier alpha value is -1.39. The molecule has 0 amide bonds. The summed E-state index contributed by atoms with van der Waals surface area (Å²) < 4.78 is 0. The first-order valence-corrected chi connectivity index (χ1v) is 4.91. The number of halogens is 1. The average Bonchev–Trinajstić information content (AvgIpc) is 2.66. The van der Waals surface area contributed by atoms with Gasteiger partial charge in [-0.2, -0.15) is 15.0 Å². The highest BCUT2D eigenvalue weighted by Gasteiger charge is 2.07. The molecule has 1 atom stereocenters. The fourth-order valence-corrected chi connectivity index (χ4v) is 1.38. The van der Waals surface area contributed by atoms with Gasteiger partial charge in [-0.1, -0.05) is 17.7 Å². The van der Waals surface area contributed by atoms with Gasteiger partial charge < -0.3 is 5.11 Å². The average molecular weight is 224 g/mol. The van der Waals surface area contributed by atoms with Crippen molar-refractivity contribution in [1.82, 2.24) is 15.0 Å². The molecule has 0 aliphatic rings. The van der Waals surface area contributed by atoms with E-state index in [0.717, 1.165) is 5.69 Å². The van der Waals surface area contributed by atoms with Gasteiger partial charge in [0, 0.05) is 5.02 Å². The molecule has 78 valence electrons. The molecule has 1 aromatic heterocycles. The lowest BCUT2D eigenvalue weighted by Gasteiger charge is -2.00. The van der Waals surface area contributed by atoms with Crippen LogP contribution in [0.3, 0.4) is 0 Å². The predicted molar refractivity (Wildman–Crippen MR) is 57.0 cm³/mol. The van der Waals surface area contributed by atoms with E-state index in [1.54, 1.807) is 19.1 Å². The summed E-state index contributed by atoms with van der Waals surface area (Å²) >= 11 is 5.85. The van der Waals surface area contributed by atoms with Gasteiger partial charge in [-0.15, -0.1) is 0 Å². The van der Waals surface area contributed by atoms with E-state index in [2.05, 4.69) is 10.2 Å². The topological polar surface area (TPSA) is 50.9 Å². The molecule has 1 aromatic carbocycles. The largest absolute Gasteiger partial charge is 0.387 e. The van der Waals surface area contributed by atoms with Crippen LogP contribution in [0.1, 0.15) is 18.7 Å². The van der Waals surface area contributed by atoms with Crippen LogP contribution in [0.5, 0.6) is 0 Å². The van der Waals surface area contributed by atoms with Gasteiger partial charge in [0.2, 0.25) is 0 Å². The van der Waals surface area contributed by atoms with Crippen molar-refractivity contribution in [2.24, 2.45) is 0 Å². The van der Waals surface area contributed by atoms with Crippen molar-refractivity contribution in [1.29, 1.82) is 0 Å². The highest BCUT2D eigenvalue weighted by atomic mass is 35.5. The lowest BCUT2D eigenvalue weighted by atomic mass is 10.3. The molecule has 2 aromatic rings. The summed E-state index contributed by atoms with van der Waals surface area (Å²) in [6.07, 6.45) is 0.920. The van der Waals surface area contributed by atoms with Crippen molar-refractivity contribution in [2.45, 2.75) is 13.0 Å². The highest BCUT2D eigenvalue weighted by molar-refractivity contribution is 6.30. The molecule has 0 aliphatic carbocycles. The number of aliphatic hydroxyl groups excluding tert-OH is 1. The van der Waals surface area contributed by atoms with Crippen molar-refractivity contribution >= 4 is 11.6 Å². The second kappa shape index (κ2) is 4.00. The summed E-state index contributed by atoms with van der Waals surface area (Å²) in [5.74, 6) is 0. The Labute approximate surface area is 92.1 Å². The van der Waals surface area contributed by atoms with Crippen LogP contribution in [0.25, 0.3) is 5.69 Å². The molecule has 0 aliphatic heterocycles. The number of nitrogens with zero attached hydrogens (tertiary/aromatic N) is 3. The minimum Gasteiger partial charge on any atom is -0.387 e. The van der Waals surface area contributed by atoms with Crippen molar-refractivity contribution in [3.63, 3.8) is 0 Å². The van der Waals surface area contributed by atoms with E-state index >= 15 is 0 Å². The van der Waals surface area contributed by atoms with Gasteiger partial charge in [0.15, 0.2) is 0 Å². The molecule has 5 heteroatoms. The first kappa shape index (κ1) is 10.1. The molecule has 4 nitrogen and oxygen atoms in total. The van der Waals surface area contributed by atoms with Crippen LogP contribution in [0, 0.1) is 0 Å². The Kier molecular flexibility index (Phi) is 2.70. The van der Waals surface area contributed by atoms with Crippen LogP contribution < -0.4 is 0 Å². The third kappa shape index (κ3) is 2.16. The van der Waals surface area contributed by atoms with Gasteiger partial charge >= 0.3 is 0 Å². The second-order valence-corrected chi connectivity index (χ2v) is 3.65. The summed E-state index contributed by atoms with van der Waals surface area (Å²) in [5, 5.41) is 18.1. The van der Waals surface area contributed by atoms with Crippen LogP contribution >= 0.6 is 11.6 Å². The normalized spacial score (nSPS) is 12.7. The SMILES string of the molecule is C[C@H](O)c1cnn(-c2cccc(Cl)c2)n1. The predicted octanol–water partition coefficient (Wildman–Crippen LogP) is 1.97. The minimum absolute atomic E-state index is 0.537. The summed E-state index contributed by atoms with van der Waals surface area (Å²) in [5.41, 5.74) is 1.31. The van der Waals surface area contributed by atoms with E-state index in [-0.39, 0.29) is 0 Å². The number of aliphatic hydroxyl groups is 1. The zero-order valence-corrected chi connectivity index (χ0v) is 8.89. The lowest BCUT2D eigenvalue weighted by molar-refractivity contribution is 0.193. The zero-order valence-electron chi connectivity index (χ0n) is 8.13. The molecule has 0 spiro atoms. The number of hydrogen-bond acceptors (Lipinski definition) is 3. The van der Waals surface area contributed by atoms with Crippen molar-refractivity contribution < 1.29 is 5.11 Å². The molecule has 0 saturated heterocycles. The monoisotopic (exact) mass is 223 g/mol. The van der Waals surface area contributed by atoms with Gasteiger partial charge in [-0.05, 0) is 25.1 Å². The smallest absolute Gasteiger partial charge is 0.111 e. The van der Waals surface area contributed by atoms with Crippen LogP contribution in [-0.4, -0.2) is 20.1 Å². The molecule has 1 N–H and O–H groups in total. The Balaban J connectivity index is 2.37. The standard InChI is InChI=1S/C10H10ClN3O/c1-7(15)10-6-12-14(13-10)9-4-2-3-8(11)5-9/h2-7,15H,1H3/t7-/m0/s1. The van der Waals surface area contributed by atoms with Crippen LogP contribution in [0.2, 0.25) is 5.02 Å². The van der Waals surface area contributed by atoms with E-state index in [9.17, 15) is 5.11 Å². The third-order valence-corrected chi connectivity index (χ3v) is 2.21. The minimum atomic E-state index is -0.613. The van der Waals surface area contributed by atoms with Crippen molar-refractivity contribution in [3.8, 4) is 5.69 Å². The number of hydrogen-bond donors (Lipinski definition) is 1. The number of benzene rings is 1. The molecule has 15 heavy (non-hydrogen) atoms. The summed E-state index contributed by atoms with van der Waals surface area (Å²) in [6.45, 7) is 1.65. The molecule has 2 rings (SSSR count). The fourth-order valence-electron chi connectivity index (χ4n) is 1.19. The van der Waals surface area contributed by atoms with Crippen molar-refractivity contribution in [2.75, 3.05) is 0 Å². The van der Waals surface area contributed by atoms with Gasteiger partial charge in [0.1, 0.15) is 5.69 Å². The molecule has 0 radical (unpaired) electrons. The van der Waals surface area contributed by atoms with Gasteiger partial charge in [-0.25, -0.2) is 0 Å². The van der Waals surface area contributed by atoms with E-state index in [0.29, 0.717) is 10.7 Å². The van der Waals surface area contributed by atoms with Gasteiger partial charge in [0.25, 0.3) is 0 Å². The van der Waals surface area contributed by atoms with E-state index in [1.807, 2.05) is 12.1 Å². The summed E-state index contributed by atoms with van der Waals surface area (Å²) in [7, 11) is 0. The molecule has 0 bridgehead atoms. The number of rotatable bonds is 2. The Morgan fingerprint density at radius 1 is 1.47 bits per heavy atom. The Morgan fingerprint density at radius 2 is 2.27 bits per heavy atom. The van der Waals surface area contributed by atoms with E-state index in [4.69, 9.17) is 11.6 Å². The number of aromatic nitrogens is 3. The Bertz CT molecular complexity index is 467. The summed E-state index contributed by atoms with van der Waals surface area (Å²) in [4.78, 5) is 1.44. The fraction of sp³-hybridized carbons (Fsp3) is 0.200. The molecular weight excluding hydrogens is 214 g/mol. The maximum absolute atomic E-state index is 9.30. The first-order chi connectivity index (χ1) is 7.16. The van der Waals surface area contributed by atoms with Crippen LogP contribution in [-0.2, 0) is 0 Å². The molecule has 0 saturated carbocycles. The maximum Gasteiger partial charge on any atom is 0.111 e. The van der Waals surface area contributed by atoms with Crippen molar-refractivity contribution in [3.05, 3.63) is 41.2 Å². The quantitative estimate of drug-likeness (QED) is 0.847. The first-order valence-electron chi connectivity index (χ1n) is 4.53. The van der Waals surface area contributed by atoms with E-state index in [1.165, 1.54) is 11.0 Å². The van der Waals surface area contributed by atoms with Gasteiger partial charge in [0.05, 0.1) is 18.0 Å². The Morgan fingerprint density at radius 3 is 2.87 bits per heavy atom. The van der Waals surface area contributed by atoms with Crippen LogP contribution in [0.15, 0.2) is 30.5 Å². The second-order valence-electron chi connectivity index (χ2n) is 3.21. The van der Waals surface area contributed by atoms with Gasteiger partial charge in [-0.3, -0.25) is 0 Å². The summed E-state index contributed by atoms with van der Waals surface area (Å²) in [6, 6.07) is 7.21. The maximum atomic E-state index is 9.30. The molecule has 0 unspecified atom stereocenters. The molecule has 1 heterocycles. The highest BCUT2D eigenvalue weighted by Crippen LogP contribution is 2.14. The zero-order chi connectivity index (χ0) is 10.8. The lowest BCUT2D eigenvalue weighted by Crippen LogP contribution is -2.00. The van der Waals surface area contributed by atoms with E-state index < -0.39 is 6.10 Å². The molecule has 0 fully saturated rings. The third-order valence-electron chi connectivity index (χ3n) is 1.98.